The summed E-state index contributed by atoms with van der Waals surface area (Å²) in [6.45, 7) is 1.82. The van der Waals surface area contributed by atoms with Crippen LogP contribution in [0.15, 0.2) is 10.8 Å². The molecule has 0 radical (unpaired) electrons. The smallest absolute Gasteiger partial charge is 0.219 e. The van der Waals surface area contributed by atoms with Gasteiger partial charge >= 0.3 is 0 Å². The Labute approximate surface area is 70.5 Å². The van der Waals surface area contributed by atoms with E-state index in [1.807, 2.05) is 5.01 Å². The van der Waals surface area contributed by atoms with Gasteiger partial charge in [-0.2, -0.15) is 0 Å². The minimum atomic E-state index is 0.410. The second kappa shape index (κ2) is 3.20. The van der Waals surface area contributed by atoms with E-state index in [4.69, 9.17) is 10.3 Å². The van der Waals surface area contributed by atoms with Crippen molar-refractivity contribution >= 4 is 0 Å². The first-order valence-corrected chi connectivity index (χ1v) is 4.12. The minimum absolute atomic E-state index is 0.410. The molecule has 1 aromatic rings. The number of rotatable bonds is 1. The highest BCUT2D eigenvalue weighted by molar-refractivity contribution is 4.91. The molecular formula is C7H12N4O. The van der Waals surface area contributed by atoms with Crippen molar-refractivity contribution in [2.75, 3.05) is 13.1 Å². The van der Waals surface area contributed by atoms with Gasteiger partial charge in [0.05, 0.1) is 0 Å². The Morgan fingerprint density at radius 1 is 1.50 bits per heavy atom. The van der Waals surface area contributed by atoms with Gasteiger partial charge in [-0.1, -0.05) is 0 Å². The number of hydrogen-bond acceptors (Lipinski definition) is 5. The van der Waals surface area contributed by atoms with Crippen LogP contribution in [0.2, 0.25) is 0 Å². The van der Waals surface area contributed by atoms with Crippen LogP contribution in [0, 0.1) is 0 Å². The van der Waals surface area contributed by atoms with E-state index < -0.39 is 0 Å². The van der Waals surface area contributed by atoms with Crippen molar-refractivity contribution < 1.29 is 4.42 Å². The normalized spacial score (nSPS) is 21.4. The van der Waals surface area contributed by atoms with E-state index >= 15 is 0 Å². The Hall–Kier alpha value is -0.940. The molecule has 0 atom stereocenters. The zero-order chi connectivity index (χ0) is 8.39. The summed E-state index contributed by atoms with van der Waals surface area (Å²) >= 11 is 0. The molecule has 5 heteroatoms. The average molecular weight is 168 g/mol. The van der Waals surface area contributed by atoms with Crippen molar-refractivity contribution in [2.24, 2.45) is 5.84 Å². The van der Waals surface area contributed by atoms with Crippen LogP contribution < -0.4 is 5.84 Å². The van der Waals surface area contributed by atoms with E-state index in [1.165, 1.54) is 6.39 Å². The topological polar surface area (TPSA) is 68.2 Å². The van der Waals surface area contributed by atoms with Crippen LogP contribution in [0.1, 0.15) is 24.7 Å². The summed E-state index contributed by atoms with van der Waals surface area (Å²) < 4.78 is 5.13. The van der Waals surface area contributed by atoms with Crippen LogP contribution in [0.3, 0.4) is 0 Å². The Balaban J connectivity index is 1.99. The van der Waals surface area contributed by atoms with E-state index in [1.54, 1.807) is 0 Å². The monoisotopic (exact) mass is 168 g/mol. The number of nitrogens with zero attached hydrogens (tertiary/aromatic N) is 3. The summed E-state index contributed by atoms with van der Waals surface area (Å²) in [5, 5.41) is 9.37. The third-order valence-electron chi connectivity index (χ3n) is 2.26. The predicted molar refractivity (Wildman–Crippen MR) is 42.0 cm³/mol. The molecule has 0 saturated carbocycles. The third kappa shape index (κ3) is 1.46. The second-order valence-electron chi connectivity index (χ2n) is 3.09. The first kappa shape index (κ1) is 7.70. The lowest BCUT2D eigenvalue weighted by molar-refractivity contribution is 0.204. The van der Waals surface area contributed by atoms with E-state index in [0.717, 1.165) is 31.8 Å². The Morgan fingerprint density at radius 3 is 2.83 bits per heavy atom. The second-order valence-corrected chi connectivity index (χ2v) is 3.09. The van der Waals surface area contributed by atoms with E-state index in [2.05, 4.69) is 10.2 Å². The maximum atomic E-state index is 5.62. The van der Waals surface area contributed by atoms with Crippen molar-refractivity contribution in [2.45, 2.75) is 18.8 Å². The fourth-order valence-electron chi connectivity index (χ4n) is 1.51. The van der Waals surface area contributed by atoms with Gasteiger partial charge in [0.2, 0.25) is 12.3 Å². The van der Waals surface area contributed by atoms with Crippen molar-refractivity contribution in [3.63, 3.8) is 0 Å². The van der Waals surface area contributed by atoms with Crippen molar-refractivity contribution in [1.82, 2.24) is 15.2 Å². The van der Waals surface area contributed by atoms with Gasteiger partial charge < -0.3 is 4.42 Å². The highest BCUT2D eigenvalue weighted by atomic mass is 16.4. The standard InChI is InChI=1S/C7H12N4O/c8-11-3-1-6(2-4-11)7-10-9-5-12-7/h5-6H,1-4,8H2. The van der Waals surface area contributed by atoms with Crippen LogP contribution in [0.4, 0.5) is 0 Å². The molecule has 66 valence electrons. The van der Waals surface area contributed by atoms with Crippen molar-refractivity contribution in [3.05, 3.63) is 12.3 Å². The molecule has 0 aliphatic carbocycles. The summed E-state index contributed by atoms with van der Waals surface area (Å²) in [7, 11) is 0. The first-order valence-electron chi connectivity index (χ1n) is 4.12. The molecule has 0 unspecified atom stereocenters. The number of hydrazine groups is 1. The van der Waals surface area contributed by atoms with E-state index in [0.29, 0.717) is 5.92 Å². The van der Waals surface area contributed by atoms with Gasteiger partial charge in [0.1, 0.15) is 0 Å². The predicted octanol–water partition coefficient (Wildman–Crippen LogP) is 0.123. The number of hydrogen-bond donors (Lipinski definition) is 1. The van der Waals surface area contributed by atoms with Gasteiger partial charge in [-0.3, -0.25) is 5.84 Å². The molecule has 1 aliphatic rings. The maximum absolute atomic E-state index is 5.62. The fraction of sp³-hybridized carbons (Fsp3) is 0.714. The minimum Gasteiger partial charge on any atom is -0.428 e. The Morgan fingerprint density at radius 2 is 2.25 bits per heavy atom. The van der Waals surface area contributed by atoms with Crippen LogP contribution >= 0.6 is 0 Å². The molecule has 1 aromatic heterocycles. The molecule has 0 amide bonds. The van der Waals surface area contributed by atoms with Crippen LogP contribution in [-0.2, 0) is 0 Å². The molecule has 1 aliphatic heterocycles. The summed E-state index contributed by atoms with van der Waals surface area (Å²) in [6, 6.07) is 0. The number of aromatic nitrogens is 2. The van der Waals surface area contributed by atoms with E-state index in [-0.39, 0.29) is 0 Å². The zero-order valence-electron chi connectivity index (χ0n) is 6.81. The molecule has 0 bridgehead atoms. The SMILES string of the molecule is NN1CCC(c2nnco2)CC1. The third-order valence-corrected chi connectivity index (χ3v) is 2.26. The van der Waals surface area contributed by atoms with Gasteiger partial charge in [-0.25, -0.2) is 5.01 Å². The molecule has 2 heterocycles. The lowest BCUT2D eigenvalue weighted by Crippen LogP contribution is -2.38. The average Bonchev–Trinajstić information content (AvgIpc) is 2.58. The Kier molecular flexibility index (Phi) is 2.05. The van der Waals surface area contributed by atoms with Crippen molar-refractivity contribution in [1.29, 1.82) is 0 Å². The van der Waals surface area contributed by atoms with Crippen LogP contribution in [0.5, 0.6) is 0 Å². The largest absolute Gasteiger partial charge is 0.428 e. The molecule has 5 nitrogen and oxygen atoms in total. The quantitative estimate of drug-likeness (QED) is 0.603. The van der Waals surface area contributed by atoms with Crippen LogP contribution in [-0.4, -0.2) is 28.3 Å². The summed E-state index contributed by atoms with van der Waals surface area (Å²) in [5.41, 5.74) is 0. The van der Waals surface area contributed by atoms with Crippen LogP contribution in [0.25, 0.3) is 0 Å². The molecule has 2 N–H and O–H groups in total. The van der Waals surface area contributed by atoms with Crippen molar-refractivity contribution in [3.8, 4) is 0 Å². The molecule has 1 saturated heterocycles. The van der Waals surface area contributed by atoms with Gasteiger partial charge in [-0.15, -0.1) is 10.2 Å². The molecular weight excluding hydrogens is 156 g/mol. The number of piperidine rings is 1. The molecule has 0 aromatic carbocycles. The summed E-state index contributed by atoms with van der Waals surface area (Å²) in [4.78, 5) is 0. The van der Waals surface area contributed by atoms with Gasteiger partial charge in [0.15, 0.2) is 0 Å². The molecule has 1 fully saturated rings. The summed E-state index contributed by atoms with van der Waals surface area (Å²) in [5.74, 6) is 6.78. The highest BCUT2D eigenvalue weighted by Gasteiger charge is 2.22. The highest BCUT2D eigenvalue weighted by Crippen LogP contribution is 2.24. The van der Waals surface area contributed by atoms with Gasteiger partial charge in [0.25, 0.3) is 0 Å². The zero-order valence-corrected chi connectivity index (χ0v) is 6.81. The molecule has 2 rings (SSSR count). The van der Waals surface area contributed by atoms with Gasteiger partial charge in [0, 0.05) is 19.0 Å². The lowest BCUT2D eigenvalue weighted by Gasteiger charge is -2.25. The number of nitrogens with two attached hydrogens (primary N) is 1. The maximum Gasteiger partial charge on any atom is 0.219 e. The molecule has 12 heavy (non-hydrogen) atoms. The summed E-state index contributed by atoms with van der Waals surface area (Å²) in [6.07, 6.45) is 3.40. The fourth-order valence-corrected chi connectivity index (χ4v) is 1.51. The van der Waals surface area contributed by atoms with E-state index in [9.17, 15) is 0 Å². The Bertz CT molecular complexity index is 228. The van der Waals surface area contributed by atoms with Gasteiger partial charge in [-0.05, 0) is 12.8 Å². The molecule has 0 spiro atoms. The lowest BCUT2D eigenvalue weighted by atomic mass is 9.98. The first-order chi connectivity index (χ1) is 5.86.